The Bertz CT molecular complexity index is 493. The number of amides is 1. The molecule has 1 aliphatic rings. The minimum absolute atomic E-state index is 0.0403. The summed E-state index contributed by atoms with van der Waals surface area (Å²) < 4.78 is 0. The molecule has 20 heavy (non-hydrogen) atoms. The third-order valence-electron chi connectivity index (χ3n) is 3.88. The summed E-state index contributed by atoms with van der Waals surface area (Å²) in [5, 5.41) is 12.8. The smallest absolute Gasteiger partial charge is 0.306 e. The lowest BCUT2D eigenvalue weighted by Crippen LogP contribution is -2.35. The number of aliphatic carboxylic acids is 1. The molecule has 1 saturated carbocycles. The van der Waals surface area contributed by atoms with Crippen LogP contribution >= 0.6 is 11.3 Å². The lowest BCUT2D eigenvalue weighted by Gasteiger charge is -2.25. The third-order valence-corrected chi connectivity index (χ3v) is 4.95. The van der Waals surface area contributed by atoms with Gasteiger partial charge in [-0.15, -0.1) is 11.3 Å². The number of hydrogen-bond acceptors (Lipinski definition) is 4. The fourth-order valence-electron chi connectivity index (χ4n) is 2.57. The van der Waals surface area contributed by atoms with Gasteiger partial charge >= 0.3 is 5.97 Å². The zero-order valence-electron chi connectivity index (χ0n) is 11.8. The number of carboxylic acids is 1. The Hall–Kier alpha value is -1.43. The highest BCUT2D eigenvalue weighted by atomic mass is 32.1. The molecule has 2 atom stereocenters. The lowest BCUT2D eigenvalue weighted by molar-refractivity contribution is -0.144. The van der Waals surface area contributed by atoms with Crippen molar-refractivity contribution in [1.82, 2.24) is 10.3 Å². The SMILES string of the molecule is Cc1nc(CNC(=O)C2CCCC(C(=O)O)C2)sc1C. The molecule has 0 aromatic carbocycles. The summed E-state index contributed by atoms with van der Waals surface area (Å²) in [4.78, 5) is 28.7. The van der Waals surface area contributed by atoms with Crippen molar-refractivity contribution in [1.29, 1.82) is 0 Å². The van der Waals surface area contributed by atoms with E-state index in [1.165, 1.54) is 0 Å². The van der Waals surface area contributed by atoms with Crippen LogP contribution in [0.5, 0.6) is 0 Å². The van der Waals surface area contributed by atoms with Gasteiger partial charge in [-0.2, -0.15) is 0 Å². The molecule has 0 aliphatic heterocycles. The van der Waals surface area contributed by atoms with E-state index in [4.69, 9.17) is 5.11 Å². The van der Waals surface area contributed by atoms with Crippen LogP contribution in [0, 0.1) is 25.7 Å². The summed E-state index contributed by atoms with van der Waals surface area (Å²) in [6.07, 6.45) is 2.73. The van der Waals surface area contributed by atoms with Crippen LogP contribution in [0.4, 0.5) is 0 Å². The lowest BCUT2D eigenvalue weighted by atomic mass is 9.81. The average Bonchev–Trinajstić information content (AvgIpc) is 2.75. The fraction of sp³-hybridized carbons (Fsp3) is 0.643. The number of rotatable bonds is 4. The Morgan fingerprint density at radius 2 is 2.05 bits per heavy atom. The highest BCUT2D eigenvalue weighted by molar-refractivity contribution is 7.11. The van der Waals surface area contributed by atoms with Gasteiger partial charge in [-0.25, -0.2) is 4.98 Å². The molecule has 2 rings (SSSR count). The second kappa shape index (κ2) is 6.35. The van der Waals surface area contributed by atoms with Crippen molar-refractivity contribution in [3.63, 3.8) is 0 Å². The first-order chi connectivity index (χ1) is 9.47. The van der Waals surface area contributed by atoms with Crippen molar-refractivity contribution in [2.45, 2.75) is 46.1 Å². The largest absolute Gasteiger partial charge is 0.481 e. The highest BCUT2D eigenvalue weighted by Gasteiger charge is 2.30. The standard InChI is InChI=1S/C14H20N2O3S/c1-8-9(2)20-12(16-8)7-15-13(17)10-4-3-5-11(6-10)14(18)19/h10-11H,3-7H2,1-2H3,(H,15,17)(H,18,19). The quantitative estimate of drug-likeness (QED) is 0.893. The number of carboxylic acid groups (broad SMARTS) is 1. The molecular formula is C14H20N2O3S. The van der Waals surface area contributed by atoms with Gasteiger partial charge in [-0.1, -0.05) is 6.42 Å². The zero-order chi connectivity index (χ0) is 14.7. The molecule has 1 aromatic heterocycles. The molecule has 1 aliphatic carbocycles. The molecule has 1 amide bonds. The highest BCUT2D eigenvalue weighted by Crippen LogP contribution is 2.29. The minimum Gasteiger partial charge on any atom is -0.481 e. The van der Waals surface area contributed by atoms with Crippen LogP contribution in [0.1, 0.15) is 41.3 Å². The maximum absolute atomic E-state index is 12.1. The fourth-order valence-corrected chi connectivity index (χ4v) is 3.45. The normalized spacial score (nSPS) is 22.5. The number of aryl methyl sites for hydroxylation is 2. The van der Waals surface area contributed by atoms with Gasteiger partial charge in [0.2, 0.25) is 5.91 Å². The Balaban J connectivity index is 1.86. The van der Waals surface area contributed by atoms with Crippen molar-refractivity contribution < 1.29 is 14.7 Å². The number of aromatic nitrogens is 1. The molecule has 110 valence electrons. The molecule has 0 radical (unpaired) electrons. The van der Waals surface area contributed by atoms with Gasteiger partial charge in [-0.3, -0.25) is 9.59 Å². The van der Waals surface area contributed by atoms with Crippen LogP contribution in [-0.2, 0) is 16.1 Å². The van der Waals surface area contributed by atoms with Gasteiger partial charge in [0.1, 0.15) is 5.01 Å². The molecular weight excluding hydrogens is 276 g/mol. The Morgan fingerprint density at radius 1 is 1.35 bits per heavy atom. The van der Waals surface area contributed by atoms with E-state index in [1.54, 1.807) is 11.3 Å². The van der Waals surface area contributed by atoms with Crippen molar-refractivity contribution in [3.8, 4) is 0 Å². The molecule has 6 heteroatoms. The van der Waals surface area contributed by atoms with Gasteiger partial charge in [0.15, 0.2) is 0 Å². The monoisotopic (exact) mass is 296 g/mol. The van der Waals surface area contributed by atoms with E-state index in [0.717, 1.165) is 28.4 Å². The van der Waals surface area contributed by atoms with Crippen LogP contribution in [-0.4, -0.2) is 22.0 Å². The van der Waals surface area contributed by atoms with Gasteiger partial charge in [0.25, 0.3) is 0 Å². The zero-order valence-corrected chi connectivity index (χ0v) is 12.6. The predicted molar refractivity (Wildman–Crippen MR) is 76.5 cm³/mol. The number of nitrogens with zero attached hydrogens (tertiary/aromatic N) is 1. The average molecular weight is 296 g/mol. The van der Waals surface area contributed by atoms with Gasteiger partial charge in [0.05, 0.1) is 18.2 Å². The molecule has 0 spiro atoms. The molecule has 0 bridgehead atoms. The summed E-state index contributed by atoms with van der Waals surface area (Å²) >= 11 is 1.59. The van der Waals surface area contributed by atoms with Gasteiger partial charge in [0, 0.05) is 10.8 Å². The molecule has 1 fully saturated rings. The van der Waals surface area contributed by atoms with Crippen molar-refractivity contribution in [3.05, 3.63) is 15.6 Å². The molecule has 1 heterocycles. The minimum atomic E-state index is -0.784. The molecule has 2 unspecified atom stereocenters. The first-order valence-corrected chi connectivity index (χ1v) is 7.72. The summed E-state index contributed by atoms with van der Waals surface area (Å²) in [7, 11) is 0. The van der Waals surface area contributed by atoms with Crippen molar-refractivity contribution in [2.75, 3.05) is 0 Å². The van der Waals surface area contributed by atoms with E-state index in [-0.39, 0.29) is 17.7 Å². The number of nitrogens with one attached hydrogen (secondary N) is 1. The number of carbonyl (C=O) groups is 2. The maximum Gasteiger partial charge on any atom is 0.306 e. The van der Waals surface area contributed by atoms with E-state index in [1.807, 2.05) is 13.8 Å². The Labute approximate surface area is 122 Å². The van der Waals surface area contributed by atoms with E-state index in [0.29, 0.717) is 19.4 Å². The van der Waals surface area contributed by atoms with Crippen LogP contribution in [0.15, 0.2) is 0 Å². The molecule has 0 saturated heterocycles. The van der Waals surface area contributed by atoms with Crippen LogP contribution in [0.2, 0.25) is 0 Å². The van der Waals surface area contributed by atoms with E-state index < -0.39 is 5.97 Å². The number of thiazole rings is 1. The van der Waals surface area contributed by atoms with Crippen LogP contribution in [0.25, 0.3) is 0 Å². The van der Waals surface area contributed by atoms with E-state index in [2.05, 4.69) is 10.3 Å². The van der Waals surface area contributed by atoms with Crippen molar-refractivity contribution >= 4 is 23.2 Å². The van der Waals surface area contributed by atoms with E-state index in [9.17, 15) is 9.59 Å². The second-order valence-corrected chi connectivity index (χ2v) is 6.65. The predicted octanol–water partition coefficient (Wildman–Crippen LogP) is 2.27. The summed E-state index contributed by atoms with van der Waals surface area (Å²) in [6, 6.07) is 0. The second-order valence-electron chi connectivity index (χ2n) is 5.37. The molecule has 1 aromatic rings. The van der Waals surface area contributed by atoms with Crippen molar-refractivity contribution in [2.24, 2.45) is 11.8 Å². The van der Waals surface area contributed by atoms with Gasteiger partial charge in [-0.05, 0) is 33.1 Å². The third kappa shape index (κ3) is 3.56. The molecule has 5 nitrogen and oxygen atoms in total. The maximum atomic E-state index is 12.1. The van der Waals surface area contributed by atoms with E-state index >= 15 is 0 Å². The molecule has 2 N–H and O–H groups in total. The number of carbonyl (C=O) groups excluding carboxylic acids is 1. The van der Waals surface area contributed by atoms with Crippen LogP contribution in [0.3, 0.4) is 0 Å². The Kier molecular flexibility index (Phi) is 4.75. The number of hydrogen-bond donors (Lipinski definition) is 2. The summed E-state index contributed by atoms with van der Waals surface area (Å²) in [5.74, 6) is -1.37. The van der Waals surface area contributed by atoms with Crippen LogP contribution < -0.4 is 5.32 Å². The Morgan fingerprint density at radius 3 is 2.65 bits per heavy atom. The van der Waals surface area contributed by atoms with Gasteiger partial charge < -0.3 is 10.4 Å². The topological polar surface area (TPSA) is 79.3 Å². The first-order valence-electron chi connectivity index (χ1n) is 6.90. The summed E-state index contributed by atoms with van der Waals surface area (Å²) in [6.45, 7) is 4.40. The summed E-state index contributed by atoms with van der Waals surface area (Å²) in [5.41, 5.74) is 1.00. The first kappa shape index (κ1) is 15.0.